The van der Waals surface area contributed by atoms with Gasteiger partial charge in [-0.05, 0) is 22.9 Å². The van der Waals surface area contributed by atoms with E-state index in [2.05, 4.69) is 31.1 Å². The van der Waals surface area contributed by atoms with Crippen LogP contribution < -0.4 is 16.6 Å². The normalized spacial score (nSPS) is 11.8. The summed E-state index contributed by atoms with van der Waals surface area (Å²) in [6.45, 7) is 1.47. The number of nitrogens with two attached hydrogens (primary N) is 1. The highest BCUT2D eigenvalue weighted by atomic mass is 79.9. The van der Waals surface area contributed by atoms with Gasteiger partial charge in [-0.15, -0.1) is 0 Å². The molecule has 1 amide bonds. The quantitative estimate of drug-likeness (QED) is 0.692. The van der Waals surface area contributed by atoms with E-state index in [0.29, 0.717) is 5.69 Å². The predicted molar refractivity (Wildman–Crippen MR) is 75.1 cm³/mol. The van der Waals surface area contributed by atoms with Crippen molar-refractivity contribution in [2.45, 2.75) is 25.9 Å². The molecule has 0 saturated heterocycles. The van der Waals surface area contributed by atoms with E-state index in [-0.39, 0.29) is 23.5 Å². The Hall–Kier alpha value is -1.90. The smallest absolute Gasteiger partial charge is 0.327 e. The molecule has 8 nitrogen and oxygen atoms in total. The number of hydrogen-bond donors (Lipinski definition) is 2. The number of anilines is 1. The molecule has 110 valence electrons. The molecular weight excluding hydrogens is 332 g/mol. The monoisotopic (exact) mass is 346 g/mol. The van der Waals surface area contributed by atoms with Crippen molar-refractivity contribution >= 4 is 33.5 Å². The van der Waals surface area contributed by atoms with E-state index in [1.165, 1.54) is 13.3 Å². The molecule has 0 aliphatic rings. The van der Waals surface area contributed by atoms with Crippen LogP contribution in [0.4, 0.5) is 5.69 Å². The van der Waals surface area contributed by atoms with Crippen molar-refractivity contribution < 1.29 is 14.3 Å². The van der Waals surface area contributed by atoms with Crippen LogP contribution in [0.3, 0.4) is 0 Å². The Morgan fingerprint density at radius 1 is 1.60 bits per heavy atom. The third kappa shape index (κ3) is 4.34. The Morgan fingerprint density at radius 2 is 2.25 bits per heavy atom. The molecule has 0 bridgehead atoms. The second-order valence-electron chi connectivity index (χ2n) is 4.13. The molecule has 1 heterocycles. The van der Waals surface area contributed by atoms with Crippen LogP contribution >= 0.6 is 15.9 Å². The maximum Gasteiger partial charge on any atom is 0.327 e. The highest BCUT2D eigenvalue weighted by molar-refractivity contribution is 9.10. The van der Waals surface area contributed by atoms with Gasteiger partial charge in [-0.25, -0.2) is 4.68 Å². The second-order valence-corrected chi connectivity index (χ2v) is 4.92. The summed E-state index contributed by atoms with van der Waals surface area (Å²) in [4.78, 5) is 33.9. The first-order chi connectivity index (χ1) is 9.35. The van der Waals surface area contributed by atoms with Gasteiger partial charge >= 0.3 is 5.97 Å². The van der Waals surface area contributed by atoms with Crippen LogP contribution in [0.15, 0.2) is 15.5 Å². The van der Waals surface area contributed by atoms with Gasteiger partial charge in [0.05, 0.1) is 19.0 Å². The number of primary amides is 1. The number of halogens is 1. The second kappa shape index (κ2) is 7.04. The molecule has 1 unspecified atom stereocenters. The van der Waals surface area contributed by atoms with Crippen molar-refractivity contribution in [1.82, 2.24) is 9.78 Å². The van der Waals surface area contributed by atoms with Gasteiger partial charge in [-0.3, -0.25) is 14.4 Å². The summed E-state index contributed by atoms with van der Waals surface area (Å²) in [5.74, 6) is -1.03. The Kier molecular flexibility index (Phi) is 5.68. The van der Waals surface area contributed by atoms with Gasteiger partial charge in [0.25, 0.3) is 5.56 Å². The van der Waals surface area contributed by atoms with Crippen LogP contribution in [0.1, 0.15) is 13.3 Å². The number of carbonyl (C=O) groups is 2. The van der Waals surface area contributed by atoms with Crippen LogP contribution in [-0.4, -0.2) is 34.8 Å². The van der Waals surface area contributed by atoms with Crippen LogP contribution in [0.5, 0.6) is 0 Å². The van der Waals surface area contributed by atoms with Crippen molar-refractivity contribution in [1.29, 1.82) is 0 Å². The number of hydrogen-bond acceptors (Lipinski definition) is 6. The van der Waals surface area contributed by atoms with E-state index in [4.69, 9.17) is 5.73 Å². The lowest BCUT2D eigenvalue weighted by atomic mass is 10.2. The first-order valence-corrected chi connectivity index (χ1v) is 6.51. The van der Waals surface area contributed by atoms with Crippen molar-refractivity contribution in [2.24, 2.45) is 5.73 Å². The third-order valence-corrected chi connectivity index (χ3v) is 3.17. The SMILES string of the molecule is COC(=O)Cn1ncc(NC(C)CC(N)=O)c(Br)c1=O. The molecule has 1 atom stereocenters. The summed E-state index contributed by atoms with van der Waals surface area (Å²) in [6.07, 6.45) is 1.50. The molecule has 0 saturated carbocycles. The Morgan fingerprint density at radius 3 is 2.80 bits per heavy atom. The van der Waals surface area contributed by atoms with Crippen molar-refractivity contribution in [3.05, 3.63) is 21.0 Å². The minimum atomic E-state index is -0.575. The van der Waals surface area contributed by atoms with Crippen LogP contribution in [0.2, 0.25) is 0 Å². The summed E-state index contributed by atoms with van der Waals surface area (Å²) >= 11 is 3.13. The number of methoxy groups -OCH3 is 1. The van der Waals surface area contributed by atoms with Crippen LogP contribution in [0.25, 0.3) is 0 Å². The number of carbonyl (C=O) groups excluding carboxylic acids is 2. The van der Waals surface area contributed by atoms with Crippen LogP contribution in [0, 0.1) is 0 Å². The molecule has 0 aromatic carbocycles. The molecule has 1 aromatic rings. The third-order valence-electron chi connectivity index (χ3n) is 2.40. The molecular formula is C11H15BrN4O4. The first kappa shape index (κ1) is 16.2. The van der Waals surface area contributed by atoms with Gasteiger partial charge in [-0.2, -0.15) is 5.10 Å². The maximum atomic E-state index is 12.0. The number of nitrogens with zero attached hydrogens (tertiary/aromatic N) is 2. The lowest BCUT2D eigenvalue weighted by molar-refractivity contribution is -0.141. The van der Waals surface area contributed by atoms with Gasteiger partial charge in [0, 0.05) is 12.5 Å². The molecule has 1 rings (SSSR count). The molecule has 9 heteroatoms. The molecule has 0 radical (unpaired) electrons. The van der Waals surface area contributed by atoms with Crippen LogP contribution in [-0.2, 0) is 20.9 Å². The van der Waals surface area contributed by atoms with E-state index < -0.39 is 17.4 Å². The number of nitrogens with one attached hydrogen (secondary N) is 1. The predicted octanol–water partition coefficient (Wildman–Crippen LogP) is -0.145. The molecule has 0 aliphatic heterocycles. The fourth-order valence-electron chi connectivity index (χ4n) is 1.48. The van der Waals surface area contributed by atoms with E-state index in [1.54, 1.807) is 6.92 Å². The Bertz CT molecular complexity index is 572. The minimum absolute atomic E-state index is 0.123. The van der Waals surface area contributed by atoms with Crippen molar-refractivity contribution in [3.63, 3.8) is 0 Å². The highest BCUT2D eigenvalue weighted by Gasteiger charge is 2.14. The first-order valence-electron chi connectivity index (χ1n) is 5.72. The number of esters is 1. The highest BCUT2D eigenvalue weighted by Crippen LogP contribution is 2.17. The van der Waals surface area contributed by atoms with Gasteiger partial charge in [0.1, 0.15) is 11.0 Å². The molecule has 1 aromatic heterocycles. The Balaban J connectivity index is 2.91. The molecule has 20 heavy (non-hydrogen) atoms. The van der Waals surface area contributed by atoms with Crippen molar-refractivity contribution in [2.75, 3.05) is 12.4 Å². The number of aromatic nitrogens is 2. The Labute approximate surface area is 123 Å². The summed E-state index contributed by atoms with van der Waals surface area (Å²) in [5, 5.41) is 6.79. The molecule has 0 aliphatic carbocycles. The van der Waals surface area contributed by atoms with Gasteiger partial charge in [-0.1, -0.05) is 0 Å². The summed E-state index contributed by atoms with van der Waals surface area (Å²) in [6, 6.07) is -0.249. The zero-order chi connectivity index (χ0) is 15.3. The van der Waals surface area contributed by atoms with E-state index >= 15 is 0 Å². The number of amides is 1. The summed E-state index contributed by atoms with van der Waals surface area (Å²) in [5.41, 5.74) is 5.03. The topological polar surface area (TPSA) is 116 Å². The van der Waals surface area contributed by atoms with E-state index in [0.717, 1.165) is 4.68 Å². The van der Waals surface area contributed by atoms with Crippen molar-refractivity contribution in [3.8, 4) is 0 Å². The van der Waals surface area contributed by atoms with Gasteiger partial charge < -0.3 is 15.8 Å². The average molecular weight is 347 g/mol. The molecule has 0 fully saturated rings. The lowest BCUT2D eigenvalue weighted by Gasteiger charge is -2.15. The van der Waals surface area contributed by atoms with E-state index in [1.807, 2.05) is 0 Å². The molecule has 0 spiro atoms. The maximum absolute atomic E-state index is 12.0. The number of ether oxygens (including phenoxy) is 1. The molecule has 3 N–H and O–H groups in total. The van der Waals surface area contributed by atoms with E-state index in [9.17, 15) is 14.4 Å². The van der Waals surface area contributed by atoms with Gasteiger partial charge in [0.2, 0.25) is 5.91 Å². The summed E-state index contributed by atoms with van der Waals surface area (Å²) < 4.78 is 5.65. The zero-order valence-corrected chi connectivity index (χ0v) is 12.6. The van der Waals surface area contributed by atoms with Gasteiger partial charge in [0.15, 0.2) is 0 Å². The largest absolute Gasteiger partial charge is 0.468 e. The fraction of sp³-hybridized carbons (Fsp3) is 0.455. The number of rotatable bonds is 6. The lowest BCUT2D eigenvalue weighted by Crippen LogP contribution is -2.30. The standard InChI is InChI=1S/C11H15BrN4O4/c1-6(3-8(13)17)15-7-4-14-16(5-9(18)20-2)11(19)10(7)12/h4,6,15H,3,5H2,1-2H3,(H2,13,17). The average Bonchev–Trinajstić information content (AvgIpc) is 2.37. The zero-order valence-electron chi connectivity index (χ0n) is 11.1. The fourth-order valence-corrected chi connectivity index (χ4v) is 1.90. The summed E-state index contributed by atoms with van der Waals surface area (Å²) in [7, 11) is 1.23. The minimum Gasteiger partial charge on any atom is -0.468 e.